The van der Waals surface area contributed by atoms with Gasteiger partial charge in [-0.3, -0.25) is 14.5 Å². The number of nitrogens with one attached hydrogen (secondary N) is 1. The van der Waals surface area contributed by atoms with Gasteiger partial charge in [-0.15, -0.1) is 0 Å². The molecule has 0 aromatic heterocycles. The number of rotatable bonds is 10. The molecule has 2 aliphatic rings. The Balaban J connectivity index is 1.48. The lowest BCUT2D eigenvalue weighted by Gasteiger charge is -2.43. The number of carbonyl (C=O) groups is 2. The summed E-state index contributed by atoms with van der Waals surface area (Å²) in [5.74, 6) is -0.792. The molecule has 2 aliphatic heterocycles. The number of aliphatic hydroxyl groups is 2. The maximum Gasteiger partial charge on any atom is 0.303 e. The van der Waals surface area contributed by atoms with Crippen LogP contribution in [0.4, 0.5) is 0 Å². The molecule has 212 valence electrons. The Bertz CT molecular complexity index is 1090. The number of ether oxygens (including phenoxy) is 3. The van der Waals surface area contributed by atoms with Gasteiger partial charge in [-0.1, -0.05) is 55.5 Å². The van der Waals surface area contributed by atoms with Gasteiger partial charge in [0.15, 0.2) is 12.4 Å². The monoisotopic (exact) mass is 540 g/mol. The van der Waals surface area contributed by atoms with E-state index in [0.29, 0.717) is 13.1 Å². The standard InChI is InChI=1S/C30H40N2O7/c1-19-27(16-32-14-4-5-26(32)18-34)38-30(39-28(19)24-10-8-23(17-33)9-11-24)25-12-6-22(7-13-25)15-31-29(36)20(2)37-21(3)35/h6-13,19-20,26-28,30,33-34H,4-5,14-18H2,1-3H3,(H,31,36)/t19-,20-,26-,27+,28+,30+/m0/s1. The van der Waals surface area contributed by atoms with Gasteiger partial charge in [-0.25, -0.2) is 0 Å². The quantitative estimate of drug-likeness (QED) is 0.394. The minimum atomic E-state index is -0.853. The molecule has 3 N–H and O–H groups in total. The fourth-order valence-corrected chi connectivity index (χ4v) is 5.33. The molecule has 2 fully saturated rings. The van der Waals surface area contributed by atoms with Gasteiger partial charge in [0.25, 0.3) is 5.91 Å². The smallest absolute Gasteiger partial charge is 0.303 e. The van der Waals surface area contributed by atoms with Crippen molar-refractivity contribution in [3.05, 3.63) is 70.8 Å². The summed E-state index contributed by atoms with van der Waals surface area (Å²) in [6, 6.07) is 15.7. The molecule has 1 amide bonds. The summed E-state index contributed by atoms with van der Waals surface area (Å²) < 4.78 is 18.0. The minimum absolute atomic E-state index is 0.0112. The highest BCUT2D eigenvalue weighted by Crippen LogP contribution is 2.42. The van der Waals surface area contributed by atoms with E-state index < -0.39 is 18.4 Å². The second-order valence-electron chi connectivity index (χ2n) is 10.5. The Morgan fingerprint density at radius 3 is 2.36 bits per heavy atom. The highest BCUT2D eigenvalue weighted by Gasteiger charge is 2.40. The number of hydrogen-bond donors (Lipinski definition) is 3. The van der Waals surface area contributed by atoms with Crippen LogP contribution in [-0.2, 0) is 37.0 Å². The maximum atomic E-state index is 12.2. The van der Waals surface area contributed by atoms with Crippen molar-refractivity contribution in [2.45, 2.75) is 77.4 Å². The SMILES string of the molecule is CC(=O)O[C@@H](C)C(=O)NCc1ccc([C@@H]2O[C@H](CN3CCC[C@H]3CO)[C@H](C)[C@H](c3ccc(CO)cc3)O2)cc1. The highest BCUT2D eigenvalue weighted by atomic mass is 16.7. The van der Waals surface area contributed by atoms with Crippen LogP contribution in [0.5, 0.6) is 0 Å². The van der Waals surface area contributed by atoms with E-state index in [9.17, 15) is 19.8 Å². The van der Waals surface area contributed by atoms with E-state index in [1.54, 1.807) is 0 Å². The molecular formula is C30H40N2O7. The summed E-state index contributed by atoms with van der Waals surface area (Å²) in [7, 11) is 0. The highest BCUT2D eigenvalue weighted by molar-refractivity contribution is 5.82. The van der Waals surface area contributed by atoms with E-state index in [1.165, 1.54) is 13.8 Å². The third-order valence-electron chi connectivity index (χ3n) is 7.68. The maximum absolute atomic E-state index is 12.2. The molecule has 2 heterocycles. The number of likely N-dealkylation sites (tertiary alicyclic amines) is 1. The fourth-order valence-electron chi connectivity index (χ4n) is 5.33. The van der Waals surface area contributed by atoms with Crippen molar-refractivity contribution in [2.24, 2.45) is 5.92 Å². The zero-order valence-electron chi connectivity index (χ0n) is 22.9. The van der Waals surface area contributed by atoms with Crippen molar-refractivity contribution in [2.75, 3.05) is 19.7 Å². The van der Waals surface area contributed by atoms with Crippen LogP contribution >= 0.6 is 0 Å². The normalized spacial score (nSPS) is 26.2. The van der Waals surface area contributed by atoms with Crippen molar-refractivity contribution in [1.29, 1.82) is 0 Å². The van der Waals surface area contributed by atoms with Gasteiger partial charge in [-0.2, -0.15) is 0 Å². The van der Waals surface area contributed by atoms with Crippen molar-refractivity contribution < 1.29 is 34.0 Å². The average Bonchev–Trinajstić information content (AvgIpc) is 3.40. The average molecular weight is 541 g/mol. The van der Waals surface area contributed by atoms with E-state index in [4.69, 9.17) is 14.2 Å². The van der Waals surface area contributed by atoms with Gasteiger partial charge in [0, 0.05) is 37.5 Å². The summed E-state index contributed by atoms with van der Waals surface area (Å²) in [6.45, 7) is 7.03. The third kappa shape index (κ3) is 7.43. The number of esters is 1. The molecule has 0 radical (unpaired) electrons. The largest absolute Gasteiger partial charge is 0.453 e. The number of hydrogen-bond acceptors (Lipinski definition) is 8. The fraction of sp³-hybridized carbons (Fsp3) is 0.533. The zero-order chi connectivity index (χ0) is 27.9. The Hall–Kier alpha value is -2.82. The lowest BCUT2D eigenvalue weighted by atomic mass is 9.90. The Morgan fingerprint density at radius 1 is 1.05 bits per heavy atom. The summed E-state index contributed by atoms with van der Waals surface area (Å²) in [5.41, 5.74) is 3.63. The molecule has 2 aromatic carbocycles. The lowest BCUT2D eigenvalue weighted by Crippen LogP contribution is -2.46. The Labute approximate surface area is 230 Å². The molecule has 6 atom stereocenters. The van der Waals surface area contributed by atoms with E-state index >= 15 is 0 Å². The summed E-state index contributed by atoms with van der Waals surface area (Å²) >= 11 is 0. The number of amides is 1. The van der Waals surface area contributed by atoms with Gasteiger partial charge in [0.1, 0.15) is 0 Å². The number of carbonyl (C=O) groups excluding carboxylic acids is 2. The van der Waals surface area contributed by atoms with Crippen LogP contribution in [0.2, 0.25) is 0 Å². The first-order valence-corrected chi connectivity index (χ1v) is 13.7. The van der Waals surface area contributed by atoms with Crippen LogP contribution < -0.4 is 5.32 Å². The van der Waals surface area contributed by atoms with E-state index in [-0.39, 0.29) is 43.3 Å². The summed E-state index contributed by atoms with van der Waals surface area (Å²) in [6.07, 6.45) is 0.293. The van der Waals surface area contributed by atoms with Crippen molar-refractivity contribution in [3.63, 3.8) is 0 Å². The first-order chi connectivity index (χ1) is 18.8. The minimum Gasteiger partial charge on any atom is -0.453 e. The van der Waals surface area contributed by atoms with Crippen LogP contribution in [0.25, 0.3) is 0 Å². The summed E-state index contributed by atoms with van der Waals surface area (Å²) in [4.78, 5) is 25.6. The molecule has 0 saturated carbocycles. The van der Waals surface area contributed by atoms with Crippen LogP contribution in [-0.4, -0.2) is 64.9 Å². The van der Waals surface area contributed by atoms with Crippen molar-refractivity contribution >= 4 is 11.9 Å². The van der Waals surface area contributed by atoms with Crippen LogP contribution in [0, 0.1) is 5.92 Å². The van der Waals surface area contributed by atoms with E-state index in [0.717, 1.165) is 41.6 Å². The first kappa shape index (κ1) is 29.2. The first-order valence-electron chi connectivity index (χ1n) is 13.7. The number of aliphatic hydroxyl groups excluding tert-OH is 2. The van der Waals surface area contributed by atoms with Crippen LogP contribution in [0.1, 0.15) is 68.3 Å². The summed E-state index contributed by atoms with van der Waals surface area (Å²) in [5, 5.41) is 22.1. The molecule has 0 bridgehead atoms. The Kier molecular flexibility index (Phi) is 10.1. The molecule has 39 heavy (non-hydrogen) atoms. The number of nitrogens with zero attached hydrogens (tertiary/aromatic N) is 1. The molecule has 9 nitrogen and oxygen atoms in total. The van der Waals surface area contributed by atoms with Gasteiger partial charge in [-0.05, 0) is 43.0 Å². The van der Waals surface area contributed by atoms with Crippen molar-refractivity contribution in [1.82, 2.24) is 10.2 Å². The topological polar surface area (TPSA) is 118 Å². The van der Waals surface area contributed by atoms with Gasteiger partial charge < -0.3 is 29.7 Å². The lowest BCUT2D eigenvalue weighted by molar-refractivity contribution is -0.276. The van der Waals surface area contributed by atoms with E-state index in [1.807, 2.05) is 48.5 Å². The predicted molar refractivity (Wildman–Crippen MR) is 144 cm³/mol. The zero-order valence-corrected chi connectivity index (χ0v) is 22.9. The van der Waals surface area contributed by atoms with Crippen molar-refractivity contribution in [3.8, 4) is 0 Å². The molecule has 4 rings (SSSR count). The van der Waals surface area contributed by atoms with Crippen LogP contribution in [0.15, 0.2) is 48.5 Å². The number of benzene rings is 2. The molecular weight excluding hydrogens is 500 g/mol. The van der Waals surface area contributed by atoms with E-state index in [2.05, 4.69) is 17.1 Å². The molecule has 9 heteroatoms. The second kappa shape index (κ2) is 13.5. The molecule has 2 aromatic rings. The Morgan fingerprint density at radius 2 is 1.72 bits per heavy atom. The van der Waals surface area contributed by atoms with Crippen LogP contribution in [0.3, 0.4) is 0 Å². The van der Waals surface area contributed by atoms with Gasteiger partial charge >= 0.3 is 5.97 Å². The molecule has 2 saturated heterocycles. The molecule has 0 aliphatic carbocycles. The third-order valence-corrected chi connectivity index (χ3v) is 7.68. The predicted octanol–water partition coefficient (Wildman–Crippen LogP) is 2.99. The second-order valence-corrected chi connectivity index (χ2v) is 10.5. The van der Waals surface area contributed by atoms with Gasteiger partial charge in [0.05, 0.1) is 25.4 Å². The molecule has 0 unspecified atom stereocenters. The molecule has 0 spiro atoms. The van der Waals surface area contributed by atoms with Gasteiger partial charge in [0.2, 0.25) is 0 Å².